The summed E-state index contributed by atoms with van der Waals surface area (Å²) in [6.07, 6.45) is 1.52. The molecular formula is C21H23ClN6O4S. The molecule has 0 radical (unpaired) electrons. The molecule has 174 valence electrons. The summed E-state index contributed by atoms with van der Waals surface area (Å²) in [5.74, 6) is 0.828. The van der Waals surface area contributed by atoms with Crippen LogP contribution in [0.1, 0.15) is 11.1 Å². The second-order valence-corrected chi connectivity index (χ2v) is 7.23. The highest BCUT2D eigenvalue weighted by Gasteiger charge is 2.11. The van der Waals surface area contributed by atoms with Gasteiger partial charge in [0, 0.05) is 18.3 Å². The molecule has 0 bridgehead atoms. The molecule has 0 aliphatic carbocycles. The van der Waals surface area contributed by atoms with Crippen molar-refractivity contribution in [3.05, 3.63) is 58.7 Å². The lowest BCUT2D eigenvalue weighted by atomic mass is 10.2. The van der Waals surface area contributed by atoms with Gasteiger partial charge in [-0.1, -0.05) is 23.7 Å². The van der Waals surface area contributed by atoms with Crippen LogP contribution in [0.25, 0.3) is 0 Å². The van der Waals surface area contributed by atoms with E-state index in [-0.39, 0.29) is 6.61 Å². The summed E-state index contributed by atoms with van der Waals surface area (Å²) in [5.41, 5.74) is 9.58. The largest absolute Gasteiger partial charge is 0.483 e. The summed E-state index contributed by atoms with van der Waals surface area (Å²) < 4.78 is 22.0. The van der Waals surface area contributed by atoms with Crippen molar-refractivity contribution in [2.45, 2.75) is 13.8 Å². The van der Waals surface area contributed by atoms with Crippen molar-refractivity contribution in [2.75, 3.05) is 29.6 Å². The number of halogens is 1. The van der Waals surface area contributed by atoms with Crippen LogP contribution in [0.5, 0.6) is 5.75 Å². The summed E-state index contributed by atoms with van der Waals surface area (Å²) >= 11 is 5.55. The van der Waals surface area contributed by atoms with Gasteiger partial charge in [-0.3, -0.25) is 4.79 Å². The van der Waals surface area contributed by atoms with Crippen molar-refractivity contribution < 1.29 is 17.9 Å². The first-order chi connectivity index (χ1) is 15.8. The standard InChI is InChI=1S/C21H23ClN6O2.O2S/c1-12-7-8-16(17(9-12)24-3)26-20-14(22)10-25-21(28-20)27-15-5-4-6-18(13(15)2)30-11-19(23)29;1-3-2/h4-10,24H,11H2,1-3H3,(H2,23,29)(H2,25,26,27,28);. The molecule has 0 spiro atoms. The number of carbonyl (C=O) groups is 1. The first kappa shape index (κ1) is 25.6. The number of rotatable bonds is 8. The van der Waals surface area contributed by atoms with Gasteiger partial charge in [-0.05, 0) is 43.7 Å². The molecule has 33 heavy (non-hydrogen) atoms. The van der Waals surface area contributed by atoms with E-state index in [0.29, 0.717) is 22.5 Å². The number of primary amides is 1. The van der Waals surface area contributed by atoms with E-state index in [0.717, 1.165) is 28.2 Å². The summed E-state index contributed by atoms with van der Waals surface area (Å²) in [4.78, 5) is 19.7. The van der Waals surface area contributed by atoms with E-state index in [1.807, 2.05) is 45.2 Å². The number of carbonyl (C=O) groups excluding carboxylic acids is 1. The van der Waals surface area contributed by atoms with Crippen LogP contribution in [-0.4, -0.2) is 37.9 Å². The van der Waals surface area contributed by atoms with Crippen LogP contribution in [0, 0.1) is 13.8 Å². The van der Waals surface area contributed by atoms with Crippen molar-refractivity contribution in [3.63, 3.8) is 0 Å². The van der Waals surface area contributed by atoms with Gasteiger partial charge < -0.3 is 26.4 Å². The molecule has 0 atom stereocenters. The van der Waals surface area contributed by atoms with Crippen molar-refractivity contribution >= 4 is 57.9 Å². The zero-order valence-electron chi connectivity index (χ0n) is 18.1. The number of aromatic nitrogens is 2. The number of nitrogens with two attached hydrogens (primary N) is 1. The van der Waals surface area contributed by atoms with Crippen LogP contribution in [0.2, 0.25) is 5.02 Å². The molecule has 5 N–H and O–H groups in total. The number of benzene rings is 2. The number of anilines is 5. The van der Waals surface area contributed by atoms with E-state index >= 15 is 0 Å². The van der Waals surface area contributed by atoms with Crippen LogP contribution < -0.4 is 26.4 Å². The van der Waals surface area contributed by atoms with Gasteiger partial charge in [0.15, 0.2) is 12.4 Å². The minimum atomic E-state index is -0.750. The number of nitrogens with zero attached hydrogens (tertiary/aromatic N) is 2. The molecule has 0 unspecified atom stereocenters. The fourth-order valence-corrected chi connectivity index (χ4v) is 2.93. The maximum atomic E-state index is 11.0. The van der Waals surface area contributed by atoms with Crippen molar-refractivity contribution in [1.82, 2.24) is 9.97 Å². The van der Waals surface area contributed by atoms with Gasteiger partial charge in [-0.2, -0.15) is 13.4 Å². The third kappa shape index (κ3) is 7.44. The van der Waals surface area contributed by atoms with Crippen LogP contribution in [0.4, 0.5) is 28.8 Å². The molecule has 0 aliphatic rings. The third-order valence-corrected chi connectivity index (χ3v) is 4.62. The Morgan fingerprint density at radius 3 is 2.52 bits per heavy atom. The molecule has 0 aliphatic heterocycles. The monoisotopic (exact) mass is 490 g/mol. The highest BCUT2D eigenvalue weighted by molar-refractivity contribution is 7.51. The van der Waals surface area contributed by atoms with Crippen LogP contribution in [-0.2, 0) is 16.4 Å². The van der Waals surface area contributed by atoms with Crippen molar-refractivity contribution in [2.24, 2.45) is 5.73 Å². The van der Waals surface area contributed by atoms with E-state index in [2.05, 4.69) is 25.9 Å². The van der Waals surface area contributed by atoms with Gasteiger partial charge in [0.2, 0.25) is 5.95 Å². The fraction of sp³-hybridized carbons (Fsp3) is 0.190. The zero-order chi connectivity index (χ0) is 24.4. The molecule has 3 aromatic rings. The van der Waals surface area contributed by atoms with Gasteiger partial charge in [-0.25, -0.2) is 4.98 Å². The summed E-state index contributed by atoms with van der Waals surface area (Å²) in [7, 11) is 1.85. The van der Waals surface area contributed by atoms with E-state index in [1.165, 1.54) is 6.20 Å². The summed E-state index contributed by atoms with van der Waals surface area (Å²) in [6.45, 7) is 3.69. The Hall–Kier alpha value is -3.70. The number of ether oxygens (including phenoxy) is 1. The van der Waals surface area contributed by atoms with E-state index in [4.69, 9.17) is 30.5 Å². The lowest BCUT2D eigenvalue weighted by Gasteiger charge is -2.15. The highest BCUT2D eigenvalue weighted by Crippen LogP contribution is 2.31. The lowest BCUT2D eigenvalue weighted by molar-refractivity contribution is -0.119. The predicted octanol–water partition coefficient (Wildman–Crippen LogP) is 3.47. The Labute approximate surface area is 199 Å². The first-order valence-corrected chi connectivity index (χ1v) is 10.6. The Morgan fingerprint density at radius 1 is 1.12 bits per heavy atom. The Balaban J connectivity index is 0.00000122. The number of hydrogen-bond acceptors (Lipinski definition) is 9. The maximum absolute atomic E-state index is 11.0. The average molecular weight is 491 g/mol. The normalized spacial score (nSPS) is 9.82. The summed E-state index contributed by atoms with van der Waals surface area (Å²) in [6, 6.07) is 11.4. The van der Waals surface area contributed by atoms with Gasteiger partial charge in [0.25, 0.3) is 5.91 Å². The van der Waals surface area contributed by atoms with Gasteiger partial charge in [0.1, 0.15) is 10.8 Å². The van der Waals surface area contributed by atoms with E-state index in [1.54, 1.807) is 12.1 Å². The molecular weight excluding hydrogens is 468 g/mol. The molecule has 10 nitrogen and oxygen atoms in total. The van der Waals surface area contributed by atoms with Crippen LogP contribution >= 0.6 is 11.6 Å². The van der Waals surface area contributed by atoms with E-state index in [9.17, 15) is 4.79 Å². The second kappa shape index (κ2) is 12.4. The van der Waals surface area contributed by atoms with Crippen LogP contribution in [0.3, 0.4) is 0 Å². The molecule has 0 saturated carbocycles. The average Bonchev–Trinajstić information content (AvgIpc) is 2.78. The molecule has 1 heterocycles. The Morgan fingerprint density at radius 2 is 1.85 bits per heavy atom. The second-order valence-electron chi connectivity index (χ2n) is 6.69. The molecule has 3 rings (SSSR count). The fourth-order valence-electron chi connectivity index (χ4n) is 2.79. The maximum Gasteiger partial charge on any atom is 0.335 e. The number of hydrogen-bond donors (Lipinski definition) is 4. The lowest BCUT2D eigenvalue weighted by Crippen LogP contribution is -2.20. The van der Waals surface area contributed by atoms with Gasteiger partial charge >= 0.3 is 11.6 Å². The molecule has 0 fully saturated rings. The number of nitrogens with one attached hydrogen (secondary N) is 3. The van der Waals surface area contributed by atoms with Crippen molar-refractivity contribution in [1.29, 1.82) is 0 Å². The molecule has 12 heteroatoms. The molecule has 1 aromatic heterocycles. The summed E-state index contributed by atoms with van der Waals surface area (Å²) in [5, 5.41) is 9.94. The minimum absolute atomic E-state index is 0.194. The number of amides is 1. The van der Waals surface area contributed by atoms with Gasteiger partial charge in [-0.15, -0.1) is 0 Å². The first-order valence-electron chi connectivity index (χ1n) is 9.56. The third-order valence-electron chi connectivity index (χ3n) is 4.34. The minimum Gasteiger partial charge on any atom is -0.483 e. The smallest absolute Gasteiger partial charge is 0.335 e. The molecule has 0 saturated heterocycles. The van der Waals surface area contributed by atoms with E-state index < -0.39 is 17.5 Å². The zero-order valence-corrected chi connectivity index (χ0v) is 19.7. The molecule has 1 amide bonds. The quantitative estimate of drug-likeness (QED) is 0.372. The Bertz CT molecular complexity index is 1170. The van der Waals surface area contributed by atoms with Crippen molar-refractivity contribution in [3.8, 4) is 5.75 Å². The Kier molecular flexibility index (Phi) is 9.58. The topological polar surface area (TPSA) is 148 Å². The highest BCUT2D eigenvalue weighted by atomic mass is 35.5. The van der Waals surface area contributed by atoms with Gasteiger partial charge in [0.05, 0.1) is 17.6 Å². The number of aryl methyl sites for hydroxylation is 1. The van der Waals surface area contributed by atoms with Crippen LogP contribution in [0.15, 0.2) is 42.6 Å². The molecule has 2 aromatic carbocycles. The predicted molar refractivity (Wildman–Crippen MR) is 129 cm³/mol. The SMILES string of the molecule is CNc1cc(C)ccc1Nc1nc(Nc2cccc(OCC(N)=O)c2C)ncc1Cl.O=S=O.